The highest BCUT2D eigenvalue weighted by Gasteiger charge is 2.24. The van der Waals surface area contributed by atoms with Crippen LogP contribution in [0.25, 0.3) is 0 Å². The molecule has 0 saturated heterocycles. The second-order valence-corrected chi connectivity index (χ2v) is 8.13. The van der Waals surface area contributed by atoms with Gasteiger partial charge in [-0.3, -0.25) is 4.98 Å². The molecule has 2 heterocycles. The third-order valence-corrected chi connectivity index (χ3v) is 6.23. The number of sulfonamides is 1. The highest BCUT2D eigenvalue weighted by atomic mass is 32.2. The van der Waals surface area contributed by atoms with E-state index in [0.29, 0.717) is 18.0 Å². The summed E-state index contributed by atoms with van der Waals surface area (Å²) in [6.07, 6.45) is 3.33. The van der Waals surface area contributed by atoms with Gasteiger partial charge in [0.2, 0.25) is 10.0 Å². The maximum Gasteiger partial charge on any atom is 0.244 e. The van der Waals surface area contributed by atoms with Gasteiger partial charge in [-0.15, -0.1) is 11.3 Å². The Balaban J connectivity index is 2.24. The minimum Gasteiger partial charge on any atom is -0.315 e. The molecule has 1 N–H and O–H groups in total. The van der Waals surface area contributed by atoms with E-state index < -0.39 is 10.0 Å². The summed E-state index contributed by atoms with van der Waals surface area (Å²) in [6, 6.07) is 5.40. The van der Waals surface area contributed by atoms with Gasteiger partial charge in [0.1, 0.15) is 0 Å². The number of aromatic nitrogens is 1. The average Bonchev–Trinajstić information content (AvgIpc) is 2.82. The summed E-state index contributed by atoms with van der Waals surface area (Å²) in [4.78, 5) is 6.18. The van der Waals surface area contributed by atoms with Gasteiger partial charge in [0.25, 0.3) is 0 Å². The van der Waals surface area contributed by atoms with Crippen LogP contribution in [-0.2, 0) is 23.1 Å². The van der Waals surface area contributed by atoms with Gasteiger partial charge >= 0.3 is 0 Å². The SMILES string of the molecule is CNCc1cc(S(=O)(=O)N(C)Cc2ccncc2)c(C)s1. The van der Waals surface area contributed by atoms with E-state index in [-0.39, 0.29) is 0 Å². The average molecular weight is 325 g/mol. The van der Waals surface area contributed by atoms with Gasteiger partial charge in [-0.05, 0) is 37.7 Å². The number of hydrogen-bond acceptors (Lipinski definition) is 5. The molecule has 114 valence electrons. The van der Waals surface area contributed by atoms with Gasteiger partial charge in [-0.2, -0.15) is 4.31 Å². The monoisotopic (exact) mass is 325 g/mol. The van der Waals surface area contributed by atoms with E-state index in [0.717, 1.165) is 15.3 Å². The zero-order valence-electron chi connectivity index (χ0n) is 12.3. The molecule has 0 unspecified atom stereocenters. The molecule has 0 spiro atoms. The Bertz CT molecular complexity index is 696. The van der Waals surface area contributed by atoms with Crippen LogP contribution >= 0.6 is 11.3 Å². The summed E-state index contributed by atoms with van der Waals surface area (Å²) >= 11 is 1.51. The third kappa shape index (κ3) is 3.68. The molecule has 0 radical (unpaired) electrons. The normalized spacial score (nSPS) is 12.0. The van der Waals surface area contributed by atoms with Crippen LogP contribution in [0.15, 0.2) is 35.5 Å². The summed E-state index contributed by atoms with van der Waals surface area (Å²) in [6.45, 7) is 2.85. The molecule has 0 bridgehead atoms. The summed E-state index contributed by atoms with van der Waals surface area (Å²) < 4.78 is 26.7. The summed E-state index contributed by atoms with van der Waals surface area (Å²) in [5.74, 6) is 0. The summed E-state index contributed by atoms with van der Waals surface area (Å²) in [5.41, 5.74) is 0.916. The molecule has 0 saturated carbocycles. The topological polar surface area (TPSA) is 62.3 Å². The number of rotatable bonds is 6. The van der Waals surface area contributed by atoms with Crippen molar-refractivity contribution in [3.8, 4) is 0 Å². The lowest BCUT2D eigenvalue weighted by molar-refractivity contribution is 0.466. The first-order chi connectivity index (χ1) is 9.95. The number of nitrogens with zero attached hydrogens (tertiary/aromatic N) is 2. The molecular weight excluding hydrogens is 306 g/mol. The molecule has 0 atom stereocenters. The predicted molar refractivity (Wildman–Crippen MR) is 84.7 cm³/mol. The van der Waals surface area contributed by atoms with Crippen molar-refractivity contribution >= 4 is 21.4 Å². The second kappa shape index (κ2) is 6.65. The van der Waals surface area contributed by atoms with Crippen molar-refractivity contribution in [3.63, 3.8) is 0 Å². The molecule has 0 fully saturated rings. The Morgan fingerprint density at radius 2 is 2.00 bits per heavy atom. The van der Waals surface area contributed by atoms with Crippen molar-refractivity contribution in [3.05, 3.63) is 45.9 Å². The predicted octanol–water partition coefficient (Wildman–Crippen LogP) is 1.99. The molecule has 0 amide bonds. The first-order valence-corrected chi connectivity index (χ1v) is 8.80. The van der Waals surface area contributed by atoms with Crippen molar-refractivity contribution in [2.24, 2.45) is 0 Å². The summed E-state index contributed by atoms with van der Waals surface area (Å²) in [5, 5.41) is 3.04. The van der Waals surface area contributed by atoms with Crippen LogP contribution in [-0.4, -0.2) is 31.8 Å². The first kappa shape index (κ1) is 16.1. The van der Waals surface area contributed by atoms with Crippen molar-refractivity contribution in [1.29, 1.82) is 0 Å². The van der Waals surface area contributed by atoms with Crippen LogP contribution in [0.5, 0.6) is 0 Å². The number of hydrogen-bond donors (Lipinski definition) is 1. The van der Waals surface area contributed by atoms with Gasteiger partial charge in [0, 0.05) is 42.3 Å². The van der Waals surface area contributed by atoms with Gasteiger partial charge in [0.05, 0.1) is 4.90 Å². The fourth-order valence-corrected chi connectivity index (χ4v) is 4.81. The van der Waals surface area contributed by atoms with Crippen molar-refractivity contribution in [2.45, 2.75) is 24.9 Å². The lowest BCUT2D eigenvalue weighted by atomic mass is 10.3. The van der Waals surface area contributed by atoms with E-state index in [1.54, 1.807) is 25.5 Å². The number of aryl methyl sites for hydroxylation is 1. The second-order valence-electron chi connectivity index (χ2n) is 4.78. The van der Waals surface area contributed by atoms with Crippen molar-refractivity contribution in [1.82, 2.24) is 14.6 Å². The van der Waals surface area contributed by atoms with E-state index in [2.05, 4.69) is 10.3 Å². The van der Waals surface area contributed by atoms with Crippen LogP contribution in [0.1, 0.15) is 15.3 Å². The van der Waals surface area contributed by atoms with Gasteiger partial charge < -0.3 is 5.32 Å². The van der Waals surface area contributed by atoms with Crippen LogP contribution in [0, 0.1) is 6.92 Å². The van der Waals surface area contributed by atoms with Crippen molar-refractivity contribution < 1.29 is 8.42 Å². The zero-order chi connectivity index (χ0) is 15.5. The molecule has 7 heteroatoms. The number of pyridine rings is 1. The molecule has 2 rings (SSSR count). The molecule has 0 aromatic carbocycles. The molecule has 0 aliphatic heterocycles. The van der Waals surface area contributed by atoms with E-state index in [4.69, 9.17) is 0 Å². The Morgan fingerprint density at radius 1 is 1.33 bits per heavy atom. The third-order valence-electron chi connectivity index (χ3n) is 3.12. The molecule has 2 aromatic rings. The molecule has 2 aromatic heterocycles. The molecule has 21 heavy (non-hydrogen) atoms. The number of nitrogens with one attached hydrogen (secondary N) is 1. The lowest BCUT2D eigenvalue weighted by Crippen LogP contribution is -2.26. The van der Waals surface area contributed by atoms with Crippen LogP contribution < -0.4 is 5.32 Å². The maximum atomic E-state index is 12.7. The highest BCUT2D eigenvalue weighted by Crippen LogP contribution is 2.28. The molecule has 0 aliphatic carbocycles. The standard InChI is InChI=1S/C14H19N3O2S2/c1-11-14(8-13(20-11)9-15-2)21(18,19)17(3)10-12-4-6-16-7-5-12/h4-8,15H,9-10H2,1-3H3. The lowest BCUT2D eigenvalue weighted by Gasteiger charge is -2.17. The Morgan fingerprint density at radius 3 is 2.62 bits per heavy atom. The van der Waals surface area contributed by atoms with E-state index in [1.807, 2.05) is 26.1 Å². The fraction of sp³-hybridized carbons (Fsp3) is 0.357. The van der Waals surface area contributed by atoms with Crippen LogP contribution in [0.4, 0.5) is 0 Å². The Hall–Kier alpha value is -1.28. The maximum absolute atomic E-state index is 12.7. The van der Waals surface area contributed by atoms with E-state index in [9.17, 15) is 8.42 Å². The van der Waals surface area contributed by atoms with E-state index in [1.165, 1.54) is 15.6 Å². The molecular formula is C14H19N3O2S2. The molecule has 5 nitrogen and oxygen atoms in total. The minimum absolute atomic E-state index is 0.335. The highest BCUT2D eigenvalue weighted by molar-refractivity contribution is 7.89. The van der Waals surface area contributed by atoms with Gasteiger partial charge in [-0.25, -0.2) is 8.42 Å². The number of thiophene rings is 1. The van der Waals surface area contributed by atoms with Crippen molar-refractivity contribution in [2.75, 3.05) is 14.1 Å². The summed E-state index contributed by atoms with van der Waals surface area (Å²) in [7, 11) is -0.0219. The Kier molecular flexibility index (Phi) is 5.10. The quantitative estimate of drug-likeness (QED) is 0.882. The largest absolute Gasteiger partial charge is 0.315 e. The minimum atomic E-state index is -3.47. The van der Waals surface area contributed by atoms with Gasteiger partial charge in [-0.1, -0.05) is 0 Å². The molecule has 0 aliphatic rings. The van der Waals surface area contributed by atoms with E-state index >= 15 is 0 Å². The van der Waals surface area contributed by atoms with Gasteiger partial charge in [0.15, 0.2) is 0 Å². The fourth-order valence-electron chi connectivity index (χ4n) is 2.04. The smallest absolute Gasteiger partial charge is 0.244 e. The van der Waals surface area contributed by atoms with Crippen LogP contribution in [0.2, 0.25) is 0 Å². The van der Waals surface area contributed by atoms with Crippen LogP contribution in [0.3, 0.4) is 0 Å². The Labute approximate surface area is 129 Å². The zero-order valence-corrected chi connectivity index (χ0v) is 14.0. The first-order valence-electron chi connectivity index (χ1n) is 6.54.